The molecule has 0 unspecified atom stereocenters. The zero-order valence-corrected chi connectivity index (χ0v) is 13.2. The summed E-state index contributed by atoms with van der Waals surface area (Å²) in [5.74, 6) is -0.289. The van der Waals surface area contributed by atoms with Crippen molar-refractivity contribution < 1.29 is 8.42 Å². The first kappa shape index (κ1) is 17.0. The maximum absolute atomic E-state index is 11.5. The van der Waals surface area contributed by atoms with E-state index in [1.54, 1.807) is 0 Å². The molecule has 0 radical (unpaired) electrons. The molecule has 112 valence electrons. The van der Waals surface area contributed by atoms with Crippen molar-refractivity contribution in [3.63, 3.8) is 0 Å². The van der Waals surface area contributed by atoms with E-state index in [9.17, 15) is 8.42 Å². The molecule has 1 rings (SSSR count). The molecule has 1 aromatic carbocycles. The zero-order chi connectivity index (χ0) is 15.0. The maximum Gasteiger partial charge on any atom is 0.218 e. The average molecular weight is 315 g/mol. The molecular weight excluding hydrogens is 294 g/mol. The normalized spacial score (nSPS) is 11.7. The second-order valence-electron chi connectivity index (χ2n) is 4.70. The standard InChI is InChI=1S/C13H21N3O2S2/c1-16(10-12-6-3-2-4-7-12)9-5-8-15-20(17,18)11-13(14)19/h2-4,6-7,15H,5,8-11H2,1H3,(H2,14,19). The highest BCUT2D eigenvalue weighted by molar-refractivity contribution is 7.92. The molecule has 0 heterocycles. The monoisotopic (exact) mass is 315 g/mol. The van der Waals surface area contributed by atoms with Gasteiger partial charge < -0.3 is 10.6 Å². The van der Waals surface area contributed by atoms with Crippen LogP contribution in [0.4, 0.5) is 0 Å². The van der Waals surface area contributed by atoms with E-state index < -0.39 is 10.0 Å². The van der Waals surface area contributed by atoms with Crippen LogP contribution in [0.3, 0.4) is 0 Å². The van der Waals surface area contributed by atoms with E-state index in [0.717, 1.165) is 19.5 Å². The van der Waals surface area contributed by atoms with E-state index in [-0.39, 0.29) is 10.7 Å². The third-order valence-electron chi connectivity index (χ3n) is 2.67. The van der Waals surface area contributed by atoms with Crippen molar-refractivity contribution in [2.24, 2.45) is 5.73 Å². The number of hydrogen-bond acceptors (Lipinski definition) is 4. The van der Waals surface area contributed by atoms with Gasteiger partial charge in [0.1, 0.15) is 5.75 Å². The number of nitrogens with zero attached hydrogens (tertiary/aromatic N) is 1. The van der Waals surface area contributed by atoms with E-state index in [4.69, 9.17) is 5.73 Å². The van der Waals surface area contributed by atoms with Crippen molar-refractivity contribution in [3.8, 4) is 0 Å². The Labute approximate surface area is 126 Å². The van der Waals surface area contributed by atoms with Crippen LogP contribution in [-0.4, -0.2) is 44.2 Å². The van der Waals surface area contributed by atoms with Crippen LogP contribution in [0.2, 0.25) is 0 Å². The first-order chi connectivity index (χ1) is 9.39. The van der Waals surface area contributed by atoms with Gasteiger partial charge in [-0.1, -0.05) is 42.5 Å². The molecule has 0 saturated heterocycles. The zero-order valence-electron chi connectivity index (χ0n) is 11.6. The lowest BCUT2D eigenvalue weighted by atomic mass is 10.2. The smallest absolute Gasteiger partial charge is 0.218 e. The van der Waals surface area contributed by atoms with E-state index in [1.165, 1.54) is 5.56 Å². The quantitative estimate of drug-likeness (QED) is 0.519. The van der Waals surface area contributed by atoms with E-state index in [0.29, 0.717) is 6.54 Å². The fraction of sp³-hybridized carbons (Fsp3) is 0.462. The van der Waals surface area contributed by atoms with Crippen LogP contribution >= 0.6 is 12.2 Å². The first-order valence-corrected chi connectivity index (χ1v) is 8.43. The van der Waals surface area contributed by atoms with E-state index in [2.05, 4.69) is 34.0 Å². The van der Waals surface area contributed by atoms with Gasteiger partial charge in [0.05, 0.1) is 4.99 Å². The number of hydrogen-bond donors (Lipinski definition) is 2. The number of nitrogens with two attached hydrogens (primary N) is 1. The molecule has 1 aromatic rings. The van der Waals surface area contributed by atoms with Crippen LogP contribution in [0, 0.1) is 0 Å². The Morgan fingerprint density at radius 1 is 1.35 bits per heavy atom. The molecule has 0 aliphatic heterocycles. The minimum atomic E-state index is -3.37. The van der Waals surface area contributed by atoms with Gasteiger partial charge in [-0.2, -0.15) is 0 Å². The van der Waals surface area contributed by atoms with Gasteiger partial charge in [0.25, 0.3) is 0 Å². The highest BCUT2D eigenvalue weighted by atomic mass is 32.2. The summed E-state index contributed by atoms with van der Waals surface area (Å²) in [5, 5.41) is 0. The van der Waals surface area contributed by atoms with Crippen LogP contribution in [0.1, 0.15) is 12.0 Å². The van der Waals surface area contributed by atoms with Crippen LogP contribution < -0.4 is 10.5 Å². The second-order valence-corrected chi connectivity index (χ2v) is 7.03. The lowest BCUT2D eigenvalue weighted by Crippen LogP contribution is -2.34. The summed E-state index contributed by atoms with van der Waals surface area (Å²) >= 11 is 4.59. The molecule has 0 atom stereocenters. The SMILES string of the molecule is CN(CCCNS(=O)(=O)CC(N)=S)Cc1ccccc1. The summed E-state index contributed by atoms with van der Waals surface area (Å²) in [6.45, 7) is 2.05. The first-order valence-electron chi connectivity index (χ1n) is 6.37. The molecular formula is C13H21N3O2S2. The summed E-state index contributed by atoms with van der Waals surface area (Å²) in [7, 11) is -1.36. The summed E-state index contributed by atoms with van der Waals surface area (Å²) in [6, 6.07) is 10.1. The van der Waals surface area contributed by atoms with Crippen molar-refractivity contribution in [3.05, 3.63) is 35.9 Å². The number of nitrogens with one attached hydrogen (secondary N) is 1. The third-order valence-corrected chi connectivity index (χ3v) is 4.33. The summed E-state index contributed by atoms with van der Waals surface area (Å²) in [6.07, 6.45) is 0.736. The summed E-state index contributed by atoms with van der Waals surface area (Å²) in [5.41, 5.74) is 6.46. The minimum Gasteiger partial charge on any atom is -0.392 e. The largest absolute Gasteiger partial charge is 0.392 e. The van der Waals surface area contributed by atoms with Crippen LogP contribution in [0.15, 0.2) is 30.3 Å². The third kappa shape index (κ3) is 7.54. The lowest BCUT2D eigenvalue weighted by molar-refractivity contribution is 0.322. The molecule has 0 saturated carbocycles. The van der Waals surface area contributed by atoms with Crippen molar-refractivity contribution in [1.82, 2.24) is 9.62 Å². The van der Waals surface area contributed by atoms with E-state index in [1.807, 2.05) is 25.2 Å². The molecule has 0 aliphatic carbocycles. The Bertz CT molecular complexity index is 518. The Kier molecular flexibility index (Phi) is 7.08. The van der Waals surface area contributed by atoms with Crippen molar-refractivity contribution in [2.45, 2.75) is 13.0 Å². The van der Waals surface area contributed by atoms with Gasteiger partial charge in [0.15, 0.2) is 0 Å². The highest BCUT2D eigenvalue weighted by Crippen LogP contribution is 2.02. The Hall–Kier alpha value is -1.02. The maximum atomic E-state index is 11.5. The fourth-order valence-electron chi connectivity index (χ4n) is 1.79. The Morgan fingerprint density at radius 3 is 2.60 bits per heavy atom. The number of sulfonamides is 1. The summed E-state index contributed by atoms with van der Waals surface area (Å²) in [4.78, 5) is 2.13. The molecule has 0 amide bonds. The Balaban J connectivity index is 2.22. The predicted molar refractivity (Wildman–Crippen MR) is 86.0 cm³/mol. The van der Waals surface area contributed by atoms with Gasteiger partial charge >= 0.3 is 0 Å². The molecule has 5 nitrogen and oxygen atoms in total. The van der Waals surface area contributed by atoms with Crippen molar-refractivity contribution in [2.75, 3.05) is 25.9 Å². The highest BCUT2D eigenvalue weighted by Gasteiger charge is 2.10. The fourth-order valence-corrected chi connectivity index (χ4v) is 3.19. The topological polar surface area (TPSA) is 75.4 Å². The van der Waals surface area contributed by atoms with Crippen LogP contribution in [0.25, 0.3) is 0 Å². The molecule has 0 aliphatic rings. The molecule has 3 N–H and O–H groups in total. The average Bonchev–Trinajstić information content (AvgIpc) is 2.34. The van der Waals surface area contributed by atoms with Gasteiger partial charge in [-0.25, -0.2) is 13.1 Å². The Morgan fingerprint density at radius 2 is 2.00 bits per heavy atom. The van der Waals surface area contributed by atoms with Gasteiger partial charge in [-0.3, -0.25) is 0 Å². The molecule has 7 heteroatoms. The number of thiocarbonyl (C=S) groups is 1. The molecule has 20 heavy (non-hydrogen) atoms. The van der Waals surface area contributed by atoms with Gasteiger partial charge in [-0.05, 0) is 25.6 Å². The number of benzene rings is 1. The van der Waals surface area contributed by atoms with Crippen molar-refractivity contribution in [1.29, 1.82) is 0 Å². The molecule has 0 bridgehead atoms. The van der Waals surface area contributed by atoms with Gasteiger partial charge in [-0.15, -0.1) is 0 Å². The molecule has 0 fully saturated rings. The predicted octanol–water partition coefficient (Wildman–Crippen LogP) is 0.714. The second kappa shape index (κ2) is 8.31. The minimum absolute atomic E-state index is 0.0151. The van der Waals surface area contributed by atoms with Crippen LogP contribution in [0.5, 0.6) is 0 Å². The molecule has 0 spiro atoms. The molecule has 0 aromatic heterocycles. The van der Waals surface area contributed by atoms with Gasteiger partial charge in [0, 0.05) is 13.1 Å². The summed E-state index contributed by atoms with van der Waals surface area (Å²) < 4.78 is 25.5. The van der Waals surface area contributed by atoms with Gasteiger partial charge in [0.2, 0.25) is 10.0 Å². The number of rotatable bonds is 9. The van der Waals surface area contributed by atoms with Crippen LogP contribution in [-0.2, 0) is 16.6 Å². The van der Waals surface area contributed by atoms with Crippen molar-refractivity contribution >= 4 is 27.2 Å². The lowest BCUT2D eigenvalue weighted by Gasteiger charge is -2.16. The van der Waals surface area contributed by atoms with E-state index >= 15 is 0 Å².